The van der Waals surface area contributed by atoms with Gasteiger partial charge in [-0.3, -0.25) is 9.63 Å². The molecule has 17 heavy (non-hydrogen) atoms. The zero-order valence-electron chi connectivity index (χ0n) is 9.91. The molecule has 2 aliphatic rings. The molecule has 1 saturated heterocycles. The summed E-state index contributed by atoms with van der Waals surface area (Å²) in [5.74, 6) is 0.0594. The smallest absolute Gasteiger partial charge is 0.271 e. The van der Waals surface area contributed by atoms with Crippen LogP contribution in [0.25, 0.3) is 0 Å². The first kappa shape index (κ1) is 11.2. The van der Waals surface area contributed by atoms with Crippen molar-refractivity contribution in [3.63, 3.8) is 0 Å². The van der Waals surface area contributed by atoms with E-state index in [9.17, 15) is 4.79 Å². The summed E-state index contributed by atoms with van der Waals surface area (Å²) >= 11 is 1.67. The van der Waals surface area contributed by atoms with Gasteiger partial charge in [0.15, 0.2) is 0 Å². The Morgan fingerprint density at radius 3 is 2.88 bits per heavy atom. The van der Waals surface area contributed by atoms with E-state index < -0.39 is 0 Å². The first-order valence-electron chi connectivity index (χ1n) is 6.41. The van der Waals surface area contributed by atoms with Gasteiger partial charge in [-0.05, 0) is 50.2 Å². The maximum atomic E-state index is 12.2. The third-order valence-corrected chi connectivity index (χ3v) is 4.66. The molecule has 2 heterocycles. The van der Waals surface area contributed by atoms with Crippen molar-refractivity contribution >= 4 is 17.2 Å². The van der Waals surface area contributed by atoms with Crippen molar-refractivity contribution in [2.24, 2.45) is 0 Å². The van der Waals surface area contributed by atoms with E-state index in [2.05, 4.69) is 6.07 Å². The molecular formula is C13H17NO2S. The van der Waals surface area contributed by atoms with Crippen LogP contribution in [0.2, 0.25) is 0 Å². The lowest BCUT2D eigenvalue weighted by Gasteiger charge is -2.25. The molecular weight excluding hydrogens is 234 g/mol. The molecule has 0 spiro atoms. The van der Waals surface area contributed by atoms with E-state index in [1.165, 1.54) is 23.3 Å². The van der Waals surface area contributed by atoms with Gasteiger partial charge in [0, 0.05) is 11.4 Å². The van der Waals surface area contributed by atoms with Crippen LogP contribution in [-0.2, 0) is 17.7 Å². The third-order valence-electron chi connectivity index (χ3n) is 3.44. The van der Waals surface area contributed by atoms with Gasteiger partial charge in [-0.25, -0.2) is 5.06 Å². The molecule has 1 aliphatic carbocycles. The van der Waals surface area contributed by atoms with Gasteiger partial charge in [0.25, 0.3) is 5.91 Å². The SMILES string of the molecule is O=C(c1cc2c(s1)CCCC2)N1CCCCO1. The van der Waals surface area contributed by atoms with E-state index in [1.54, 1.807) is 16.4 Å². The summed E-state index contributed by atoms with van der Waals surface area (Å²) in [5.41, 5.74) is 1.39. The van der Waals surface area contributed by atoms with E-state index >= 15 is 0 Å². The number of nitrogens with zero attached hydrogens (tertiary/aromatic N) is 1. The van der Waals surface area contributed by atoms with Gasteiger partial charge >= 0.3 is 0 Å². The van der Waals surface area contributed by atoms with Crippen LogP contribution in [0.4, 0.5) is 0 Å². The number of rotatable bonds is 1. The molecule has 0 radical (unpaired) electrons. The summed E-state index contributed by atoms with van der Waals surface area (Å²) < 4.78 is 0. The van der Waals surface area contributed by atoms with Gasteiger partial charge in [0.1, 0.15) is 0 Å². The molecule has 3 rings (SSSR count). The van der Waals surface area contributed by atoms with Crippen LogP contribution in [-0.4, -0.2) is 24.1 Å². The first-order chi connectivity index (χ1) is 8.34. The van der Waals surface area contributed by atoms with Crippen LogP contribution in [0.1, 0.15) is 45.8 Å². The number of hydrogen-bond donors (Lipinski definition) is 0. The van der Waals surface area contributed by atoms with E-state index in [4.69, 9.17) is 4.84 Å². The second-order valence-electron chi connectivity index (χ2n) is 4.71. The van der Waals surface area contributed by atoms with Gasteiger partial charge in [0.2, 0.25) is 0 Å². The number of thiophene rings is 1. The summed E-state index contributed by atoms with van der Waals surface area (Å²) in [4.78, 5) is 19.9. The minimum absolute atomic E-state index is 0.0594. The quantitative estimate of drug-likeness (QED) is 0.768. The van der Waals surface area contributed by atoms with Gasteiger partial charge < -0.3 is 0 Å². The molecule has 3 nitrogen and oxygen atoms in total. The predicted molar refractivity (Wildman–Crippen MR) is 67.2 cm³/mol. The fraction of sp³-hybridized carbons (Fsp3) is 0.615. The Morgan fingerprint density at radius 1 is 1.24 bits per heavy atom. The van der Waals surface area contributed by atoms with Crippen molar-refractivity contribution < 1.29 is 9.63 Å². The molecule has 0 N–H and O–H groups in total. The van der Waals surface area contributed by atoms with Crippen LogP contribution in [0.15, 0.2) is 6.07 Å². The number of aryl methyl sites for hydroxylation is 2. The fourth-order valence-corrected chi connectivity index (χ4v) is 3.67. The molecule has 0 saturated carbocycles. The van der Waals surface area contributed by atoms with Gasteiger partial charge in [-0.1, -0.05) is 0 Å². The Labute approximate surface area is 105 Å². The molecule has 92 valence electrons. The molecule has 0 atom stereocenters. The number of hydroxylamine groups is 2. The van der Waals surface area contributed by atoms with Crippen molar-refractivity contribution in [1.82, 2.24) is 5.06 Å². The second kappa shape index (κ2) is 4.78. The predicted octanol–water partition coefficient (Wildman–Crippen LogP) is 2.79. The Kier molecular flexibility index (Phi) is 3.16. The van der Waals surface area contributed by atoms with Crippen LogP contribution in [0.5, 0.6) is 0 Å². The summed E-state index contributed by atoms with van der Waals surface area (Å²) in [7, 11) is 0. The molecule has 1 aliphatic heterocycles. The average molecular weight is 251 g/mol. The van der Waals surface area contributed by atoms with Crippen molar-refractivity contribution in [3.05, 3.63) is 21.4 Å². The zero-order valence-corrected chi connectivity index (χ0v) is 10.7. The highest BCUT2D eigenvalue weighted by Gasteiger charge is 2.23. The fourth-order valence-electron chi connectivity index (χ4n) is 2.48. The number of carbonyl (C=O) groups is 1. The molecule has 1 fully saturated rings. The summed E-state index contributed by atoms with van der Waals surface area (Å²) in [5, 5.41) is 1.54. The average Bonchev–Trinajstić information content (AvgIpc) is 2.82. The van der Waals surface area contributed by atoms with E-state index in [0.717, 1.165) is 37.1 Å². The normalized spacial score (nSPS) is 20.1. The van der Waals surface area contributed by atoms with Crippen LogP contribution >= 0.6 is 11.3 Å². The Hall–Kier alpha value is -0.870. The minimum atomic E-state index is 0.0594. The topological polar surface area (TPSA) is 29.5 Å². The van der Waals surface area contributed by atoms with Crippen molar-refractivity contribution in [1.29, 1.82) is 0 Å². The highest BCUT2D eigenvalue weighted by Crippen LogP contribution is 2.30. The number of carbonyl (C=O) groups excluding carboxylic acids is 1. The largest absolute Gasteiger partial charge is 0.287 e. The summed E-state index contributed by atoms with van der Waals surface area (Å²) in [6.07, 6.45) is 6.93. The highest BCUT2D eigenvalue weighted by molar-refractivity contribution is 7.14. The lowest BCUT2D eigenvalue weighted by Crippen LogP contribution is -2.35. The summed E-state index contributed by atoms with van der Waals surface area (Å²) in [6.45, 7) is 1.41. The second-order valence-corrected chi connectivity index (χ2v) is 5.85. The zero-order chi connectivity index (χ0) is 11.7. The van der Waals surface area contributed by atoms with Crippen molar-refractivity contribution in [2.45, 2.75) is 38.5 Å². The maximum Gasteiger partial charge on any atom is 0.287 e. The van der Waals surface area contributed by atoms with Crippen LogP contribution in [0.3, 0.4) is 0 Å². The molecule has 4 heteroatoms. The highest BCUT2D eigenvalue weighted by atomic mass is 32.1. The standard InChI is InChI=1S/C13H17NO2S/c15-13(14-7-3-4-8-16-14)12-9-10-5-1-2-6-11(10)17-12/h9H,1-8H2. The Morgan fingerprint density at radius 2 is 2.12 bits per heavy atom. The Bertz CT molecular complexity index is 398. The molecule has 1 amide bonds. The van der Waals surface area contributed by atoms with E-state index in [-0.39, 0.29) is 5.91 Å². The van der Waals surface area contributed by atoms with Crippen molar-refractivity contribution in [2.75, 3.05) is 13.2 Å². The number of hydrogen-bond acceptors (Lipinski definition) is 3. The third kappa shape index (κ3) is 2.24. The monoisotopic (exact) mass is 251 g/mol. The van der Waals surface area contributed by atoms with Crippen LogP contribution in [0, 0.1) is 0 Å². The molecule has 1 aromatic rings. The van der Waals surface area contributed by atoms with E-state index in [0.29, 0.717) is 6.61 Å². The van der Waals surface area contributed by atoms with Crippen LogP contribution < -0.4 is 0 Å². The molecule has 0 unspecified atom stereocenters. The van der Waals surface area contributed by atoms with Gasteiger partial charge in [-0.15, -0.1) is 11.3 Å². The lowest BCUT2D eigenvalue weighted by atomic mass is 9.99. The van der Waals surface area contributed by atoms with Gasteiger partial charge in [-0.2, -0.15) is 0 Å². The summed E-state index contributed by atoms with van der Waals surface area (Å²) in [6, 6.07) is 2.08. The molecule has 0 bridgehead atoms. The Balaban J connectivity index is 1.78. The minimum Gasteiger partial charge on any atom is -0.271 e. The number of fused-ring (bicyclic) bond motifs is 1. The molecule has 1 aromatic heterocycles. The van der Waals surface area contributed by atoms with E-state index in [1.807, 2.05) is 0 Å². The maximum absolute atomic E-state index is 12.2. The first-order valence-corrected chi connectivity index (χ1v) is 7.22. The van der Waals surface area contributed by atoms with Gasteiger partial charge in [0.05, 0.1) is 11.5 Å². The molecule has 0 aromatic carbocycles. The lowest BCUT2D eigenvalue weighted by molar-refractivity contribution is -0.143. The number of amides is 1. The van der Waals surface area contributed by atoms with Crippen molar-refractivity contribution in [3.8, 4) is 0 Å².